The second-order valence-electron chi connectivity index (χ2n) is 25.1. The Labute approximate surface area is 570 Å². The van der Waals surface area contributed by atoms with Crippen molar-refractivity contribution in [2.45, 2.75) is 185 Å². The summed E-state index contributed by atoms with van der Waals surface area (Å²) in [5.74, 6) is -9.01. The monoisotopic (exact) mass is 1420 g/mol. The first kappa shape index (κ1) is 77.0. The molecule has 0 bridgehead atoms. The number of carbonyl (C=O) groups excluding carboxylic acids is 7. The van der Waals surface area contributed by atoms with Gasteiger partial charge in [0, 0.05) is 25.4 Å². The van der Waals surface area contributed by atoms with Crippen LogP contribution in [0.25, 0.3) is 0 Å². The van der Waals surface area contributed by atoms with Crippen LogP contribution in [0.5, 0.6) is 5.75 Å². The fraction of sp³-hybridized carbons (Fsp3) is 0.597. The van der Waals surface area contributed by atoms with E-state index in [9.17, 15) is 90.4 Å². The molecule has 6 fully saturated rings. The van der Waals surface area contributed by atoms with E-state index in [4.69, 9.17) is 39.9 Å². The molecule has 0 radical (unpaired) electrons. The van der Waals surface area contributed by atoms with Gasteiger partial charge < -0.3 is 138 Å². The fourth-order valence-corrected chi connectivity index (χ4v) is 12.5. The number of nitrogens with one attached hydrogen (secondary N) is 9. The normalized spacial score (nSPS) is 37.0. The molecule has 6 aliphatic heterocycles. The minimum Gasteiger partial charge on any atom is -0.463 e. The molecule has 38 nitrogen and oxygen atoms in total. The molecule has 9 rings (SSSR count). The SMILES string of the molecule is C[C@@H](c1ccccc1)[C@@H]1NC(=O)CNC(=O)[C@H](CO)NC(=O)[C@@H]([C@@H](O)[C@@H]2CNC(N)N2[C@H]2O[C@H](COC(=O)Cc3ccccc3)[C@@H](O)[C@H](O)[C@@H]2O)NC(=O)[C@H]([C@@H](O)[C@@H]2CNC(N)N2)NC(=O)[C@@H](Cc2ccc(O[C@H]3O[C@H](CO)[C@@H](O[C@H]4O[C@H](CO)[C@@H](O)[C@H](O)[C@@H]4O)[C@H](O)[C@@H]3O)cc2)NC1=O. The molecule has 3 aromatic rings. The molecule has 26 N–H and O–H groups in total. The highest BCUT2D eigenvalue weighted by Crippen LogP contribution is 2.33. The average Bonchev–Trinajstić information content (AvgIpc) is 1.39. The third-order valence-electron chi connectivity index (χ3n) is 18.3. The van der Waals surface area contributed by atoms with Crippen LogP contribution in [-0.2, 0) is 70.1 Å². The maximum absolute atomic E-state index is 15.2. The predicted octanol–water partition coefficient (Wildman–Crippen LogP) is -12.8. The number of rotatable bonds is 20. The average molecular weight is 1420 g/mol. The molecule has 0 spiro atoms. The van der Waals surface area contributed by atoms with Crippen LogP contribution in [0.3, 0.4) is 0 Å². The maximum Gasteiger partial charge on any atom is 0.310 e. The van der Waals surface area contributed by atoms with Gasteiger partial charge in [-0.3, -0.25) is 49.5 Å². The van der Waals surface area contributed by atoms with E-state index in [0.717, 1.165) is 4.90 Å². The lowest BCUT2D eigenvalue weighted by Crippen LogP contribution is -2.70. The summed E-state index contributed by atoms with van der Waals surface area (Å²) < 4.78 is 34.1. The largest absolute Gasteiger partial charge is 0.463 e. The summed E-state index contributed by atoms with van der Waals surface area (Å²) in [6.45, 7) is -3.47. The number of aliphatic hydroxyl groups is 13. The predicted molar refractivity (Wildman–Crippen MR) is 336 cm³/mol. The number of amides is 6. The van der Waals surface area contributed by atoms with Crippen LogP contribution < -0.4 is 64.1 Å². The van der Waals surface area contributed by atoms with E-state index in [1.54, 1.807) is 67.6 Å². The van der Waals surface area contributed by atoms with Crippen LogP contribution in [0, 0.1) is 0 Å². The smallest absolute Gasteiger partial charge is 0.310 e. The van der Waals surface area contributed by atoms with Gasteiger partial charge in [0.05, 0.1) is 51.0 Å². The van der Waals surface area contributed by atoms with E-state index < -0.39 is 252 Å². The van der Waals surface area contributed by atoms with Crippen LogP contribution in [0.4, 0.5) is 0 Å². The van der Waals surface area contributed by atoms with Crippen LogP contribution in [0.15, 0.2) is 84.9 Å². The molecule has 6 heterocycles. The Morgan fingerprint density at radius 2 is 1.17 bits per heavy atom. The van der Waals surface area contributed by atoms with Crippen molar-refractivity contribution in [3.05, 3.63) is 102 Å². The third-order valence-corrected chi connectivity index (χ3v) is 18.3. The molecule has 0 aromatic heterocycles. The summed E-state index contributed by atoms with van der Waals surface area (Å²) in [4.78, 5) is 102. The Balaban J connectivity index is 1.01. The van der Waals surface area contributed by atoms with E-state index >= 15 is 9.59 Å². The van der Waals surface area contributed by atoms with Crippen molar-refractivity contribution in [2.75, 3.05) is 46.1 Å². The number of esters is 1. The van der Waals surface area contributed by atoms with Crippen molar-refractivity contribution in [2.24, 2.45) is 11.5 Å². The van der Waals surface area contributed by atoms with Crippen molar-refractivity contribution in [1.29, 1.82) is 0 Å². The molecular formula is C62H88N12O26. The number of hydrogen-bond acceptors (Lipinski definition) is 32. The van der Waals surface area contributed by atoms with Gasteiger partial charge in [0.2, 0.25) is 41.7 Å². The lowest BCUT2D eigenvalue weighted by atomic mass is 9.92. The van der Waals surface area contributed by atoms with Gasteiger partial charge in [-0.2, -0.15) is 0 Å². The van der Waals surface area contributed by atoms with Gasteiger partial charge in [0.1, 0.15) is 141 Å². The topological polar surface area (TPSA) is 601 Å². The third kappa shape index (κ3) is 18.2. The fourth-order valence-electron chi connectivity index (χ4n) is 12.5. The van der Waals surface area contributed by atoms with Crippen molar-refractivity contribution >= 4 is 41.4 Å². The zero-order valence-electron chi connectivity index (χ0n) is 53.8. The second kappa shape index (κ2) is 34.7. The van der Waals surface area contributed by atoms with E-state index in [1.807, 2.05) is 0 Å². The Bertz CT molecular complexity index is 3230. The molecule has 6 amide bonds. The molecule has 6 aliphatic rings. The number of nitrogens with two attached hydrogens (primary N) is 2. The number of carbonyl (C=O) groups is 7. The van der Waals surface area contributed by atoms with Crippen LogP contribution in [-0.4, -0.2) is 318 Å². The highest BCUT2D eigenvalue weighted by molar-refractivity contribution is 5.98. The summed E-state index contributed by atoms with van der Waals surface area (Å²) >= 11 is 0. The maximum atomic E-state index is 15.2. The summed E-state index contributed by atoms with van der Waals surface area (Å²) in [6.07, 6.45) is -34.4. The number of aliphatic hydroxyl groups excluding tert-OH is 13. The zero-order chi connectivity index (χ0) is 72.4. The van der Waals surface area contributed by atoms with Crippen molar-refractivity contribution in [3.8, 4) is 5.75 Å². The lowest BCUT2D eigenvalue weighted by Gasteiger charge is -2.47. The zero-order valence-corrected chi connectivity index (χ0v) is 53.8. The van der Waals surface area contributed by atoms with Gasteiger partial charge in [-0.15, -0.1) is 0 Å². The molecule has 100 heavy (non-hydrogen) atoms. The highest BCUT2D eigenvalue weighted by Gasteiger charge is 2.55. The lowest BCUT2D eigenvalue weighted by molar-refractivity contribution is -0.352. The molecule has 552 valence electrons. The van der Waals surface area contributed by atoms with Crippen molar-refractivity contribution in [1.82, 2.24) is 52.8 Å². The van der Waals surface area contributed by atoms with Crippen molar-refractivity contribution in [3.63, 3.8) is 0 Å². The first-order valence-electron chi connectivity index (χ1n) is 32.3. The Hall–Kier alpha value is -7.17. The van der Waals surface area contributed by atoms with Gasteiger partial charge in [-0.25, -0.2) is 4.90 Å². The standard InChI is InChI=1S/C62H88N12O26/c1-25(28-10-6-3-7-11-28)39-55(92)68-30(16-27-12-14-29(15-13-27)96-59-51(89)48(86)52(35(23-77)99-59)100-60-50(88)47(85)44(82)34(22-76)98-60)54(91)72-40(42(80)31-18-66-61(63)70-31)57(94)73-41(56(93)69-32(21-75)53(90)65-20-37(78)71-39)43(81)33-19-67-62(64)74(33)58-49(87)46(84)45(83)36(97-58)24-95-38(79)17-26-8-4-2-5-9-26/h2-15,25,30-36,39-52,58-62,66-67,70,75-77,80-89H,16-24,63-64H2,1H3,(H,65,90)(H,68,92)(H,69,93)(H,71,78)(H,72,91)(H,73,94)/t25-,30+,31-,32-,33-,34+,35+,36+,39-,40-,41+,42-,43-,44+,45+,46-,47-,48+,49-,50-,51-,52+,58-,59-,60+,61?,62?/m0/s1. The number of nitrogens with zero attached hydrogens (tertiary/aromatic N) is 1. The summed E-state index contributed by atoms with van der Waals surface area (Å²) in [7, 11) is 0. The summed E-state index contributed by atoms with van der Waals surface area (Å²) in [6, 6.07) is 9.46. The van der Waals surface area contributed by atoms with Gasteiger partial charge in [0.15, 0.2) is 6.29 Å². The molecule has 0 aliphatic carbocycles. The molecular weight excluding hydrogens is 1330 g/mol. The van der Waals surface area contributed by atoms with Gasteiger partial charge in [0.25, 0.3) is 0 Å². The van der Waals surface area contributed by atoms with E-state index in [1.165, 1.54) is 24.3 Å². The quantitative estimate of drug-likeness (QED) is 0.0467. The molecule has 6 saturated heterocycles. The number of benzene rings is 3. The minimum absolute atomic E-state index is 0.0736. The second-order valence-corrected chi connectivity index (χ2v) is 25.1. The van der Waals surface area contributed by atoms with Gasteiger partial charge in [-0.1, -0.05) is 79.7 Å². The van der Waals surface area contributed by atoms with Crippen molar-refractivity contribution < 1.29 is 128 Å². The van der Waals surface area contributed by atoms with Crippen LogP contribution >= 0.6 is 0 Å². The van der Waals surface area contributed by atoms with Crippen LogP contribution in [0.2, 0.25) is 0 Å². The van der Waals surface area contributed by atoms with Gasteiger partial charge in [-0.05, 0) is 28.8 Å². The minimum atomic E-state index is -2.34. The first-order valence-corrected chi connectivity index (χ1v) is 32.3. The van der Waals surface area contributed by atoms with Gasteiger partial charge >= 0.3 is 5.97 Å². The Morgan fingerprint density at radius 1 is 0.580 bits per heavy atom. The van der Waals surface area contributed by atoms with E-state index in [0.29, 0.717) is 11.1 Å². The van der Waals surface area contributed by atoms with E-state index in [-0.39, 0.29) is 24.3 Å². The molecule has 0 saturated carbocycles. The summed E-state index contributed by atoms with van der Waals surface area (Å²) in [5, 5.41) is 166. The highest BCUT2D eigenvalue weighted by atomic mass is 16.7. The first-order chi connectivity index (χ1) is 47.7. The molecule has 38 heteroatoms. The van der Waals surface area contributed by atoms with Crippen LogP contribution in [0.1, 0.15) is 29.5 Å². The van der Waals surface area contributed by atoms with E-state index in [2.05, 4.69) is 47.9 Å². The molecule has 3 aromatic carbocycles. The number of ether oxygens (including phenoxy) is 6. The Morgan fingerprint density at radius 3 is 1.82 bits per heavy atom. The number of hydrogen-bond donors (Lipinski definition) is 24. The molecule has 2 unspecified atom stereocenters. The summed E-state index contributed by atoms with van der Waals surface area (Å²) in [5.41, 5.74) is 13.9. The molecule has 27 atom stereocenters. The Kier molecular flexibility index (Phi) is 26.7.